The van der Waals surface area contributed by atoms with E-state index in [9.17, 15) is 4.79 Å². The lowest BCUT2D eigenvalue weighted by Crippen LogP contribution is -2.47. The first-order valence-electron chi connectivity index (χ1n) is 7.96. The van der Waals surface area contributed by atoms with Crippen LogP contribution < -0.4 is 0 Å². The summed E-state index contributed by atoms with van der Waals surface area (Å²) in [4.78, 5) is 19.2. The number of hydrogen-bond acceptors (Lipinski definition) is 3. The molecule has 1 fully saturated rings. The van der Waals surface area contributed by atoms with Crippen molar-refractivity contribution >= 4 is 11.9 Å². The Kier molecular flexibility index (Phi) is 4.39. The molecule has 0 amide bonds. The first kappa shape index (κ1) is 15.6. The normalized spacial score (nSPS) is 19.9. The lowest BCUT2D eigenvalue weighted by atomic mass is 9.79. The van der Waals surface area contributed by atoms with E-state index in [-0.39, 0.29) is 11.2 Å². The van der Waals surface area contributed by atoms with Crippen LogP contribution in [0.3, 0.4) is 0 Å². The van der Waals surface area contributed by atoms with Crippen LogP contribution in [0.25, 0.3) is 6.08 Å². The Morgan fingerprint density at radius 2 is 1.96 bits per heavy atom. The number of carbonyl (C=O) groups is 1. The van der Waals surface area contributed by atoms with Crippen molar-refractivity contribution in [3.8, 4) is 0 Å². The third-order valence-electron chi connectivity index (χ3n) is 4.19. The number of nitrogens with zero attached hydrogens (tertiary/aromatic N) is 2. The minimum Gasteiger partial charge on any atom is -0.294 e. The minimum absolute atomic E-state index is 0.241. The average Bonchev–Trinajstić information content (AvgIpc) is 2.54. The van der Waals surface area contributed by atoms with E-state index in [0.29, 0.717) is 6.54 Å². The summed E-state index contributed by atoms with van der Waals surface area (Å²) in [5, 5.41) is 0. The van der Waals surface area contributed by atoms with Gasteiger partial charge in [0.05, 0.1) is 0 Å². The van der Waals surface area contributed by atoms with Gasteiger partial charge < -0.3 is 0 Å². The van der Waals surface area contributed by atoms with E-state index in [4.69, 9.17) is 0 Å². The summed E-state index contributed by atoms with van der Waals surface area (Å²) >= 11 is 0. The van der Waals surface area contributed by atoms with Gasteiger partial charge in [-0.15, -0.1) is 0 Å². The number of ketones is 1. The molecule has 0 N–H and O–H groups in total. The van der Waals surface area contributed by atoms with Crippen molar-refractivity contribution in [3.05, 3.63) is 71.6 Å². The lowest BCUT2D eigenvalue weighted by Gasteiger charge is -2.38. The zero-order valence-corrected chi connectivity index (χ0v) is 13.7. The van der Waals surface area contributed by atoms with Gasteiger partial charge in [0.25, 0.3) is 0 Å². The van der Waals surface area contributed by atoms with Gasteiger partial charge in [-0.1, -0.05) is 50.2 Å². The summed E-state index contributed by atoms with van der Waals surface area (Å²) in [5.74, 6) is 0.241. The van der Waals surface area contributed by atoms with E-state index >= 15 is 0 Å². The standard InChI is InChI=1S/C20H22N2O/c1-20(2)15-22(13-16-7-4-3-5-8-16)14-18(19(20)23)11-17-9-6-10-21-12-17/h3-12H,13-15H2,1-2H3/b18-11+. The molecule has 2 aromatic rings. The Bertz CT molecular complexity index is 705. The van der Waals surface area contributed by atoms with Gasteiger partial charge in [0.1, 0.15) is 0 Å². The molecule has 3 nitrogen and oxygen atoms in total. The highest BCUT2D eigenvalue weighted by molar-refractivity contribution is 6.04. The molecular weight excluding hydrogens is 284 g/mol. The maximum Gasteiger partial charge on any atom is 0.167 e. The molecule has 1 saturated heterocycles. The molecule has 0 aliphatic carbocycles. The second-order valence-corrected chi connectivity index (χ2v) is 6.80. The van der Waals surface area contributed by atoms with Crippen LogP contribution in [0.4, 0.5) is 0 Å². The van der Waals surface area contributed by atoms with Gasteiger partial charge in [0.15, 0.2) is 5.78 Å². The van der Waals surface area contributed by atoms with E-state index in [1.165, 1.54) is 5.56 Å². The van der Waals surface area contributed by atoms with E-state index in [0.717, 1.165) is 24.2 Å². The number of pyridine rings is 1. The van der Waals surface area contributed by atoms with Gasteiger partial charge in [-0.3, -0.25) is 14.7 Å². The van der Waals surface area contributed by atoms with Crippen LogP contribution in [0.15, 0.2) is 60.4 Å². The Balaban J connectivity index is 1.84. The van der Waals surface area contributed by atoms with Crippen LogP contribution in [0, 0.1) is 5.41 Å². The summed E-state index contributed by atoms with van der Waals surface area (Å²) in [5.41, 5.74) is 2.76. The predicted octanol–water partition coefficient (Wildman–Crippen LogP) is 3.58. The van der Waals surface area contributed by atoms with Crippen LogP contribution in [-0.4, -0.2) is 28.8 Å². The Morgan fingerprint density at radius 3 is 2.65 bits per heavy atom. The van der Waals surface area contributed by atoms with Gasteiger partial charge >= 0.3 is 0 Å². The van der Waals surface area contributed by atoms with E-state index < -0.39 is 0 Å². The molecular formula is C20H22N2O. The van der Waals surface area contributed by atoms with Gasteiger partial charge in [0.2, 0.25) is 0 Å². The highest BCUT2D eigenvalue weighted by atomic mass is 16.1. The number of aromatic nitrogens is 1. The maximum absolute atomic E-state index is 12.7. The molecule has 3 rings (SSSR count). The second kappa shape index (κ2) is 6.47. The monoisotopic (exact) mass is 306 g/mol. The average molecular weight is 306 g/mol. The van der Waals surface area contributed by atoms with Gasteiger partial charge in [-0.2, -0.15) is 0 Å². The van der Waals surface area contributed by atoms with Crippen molar-refractivity contribution < 1.29 is 4.79 Å². The van der Waals surface area contributed by atoms with E-state index in [1.54, 1.807) is 12.4 Å². The molecule has 0 saturated carbocycles. The molecule has 0 unspecified atom stereocenters. The summed E-state index contributed by atoms with van der Waals surface area (Å²) in [7, 11) is 0. The SMILES string of the molecule is CC1(C)CN(Cc2ccccc2)C/C(=C\c2cccnc2)C1=O. The third-order valence-corrected chi connectivity index (χ3v) is 4.19. The first-order chi connectivity index (χ1) is 11.0. The summed E-state index contributed by atoms with van der Waals surface area (Å²) in [6, 6.07) is 14.3. The maximum atomic E-state index is 12.7. The number of carbonyl (C=O) groups excluding carboxylic acids is 1. The fourth-order valence-electron chi connectivity index (χ4n) is 3.16. The van der Waals surface area contributed by atoms with Crippen molar-refractivity contribution in [1.29, 1.82) is 0 Å². The van der Waals surface area contributed by atoms with Crippen LogP contribution in [0.2, 0.25) is 0 Å². The van der Waals surface area contributed by atoms with Crippen molar-refractivity contribution in [2.24, 2.45) is 5.41 Å². The molecule has 0 atom stereocenters. The van der Waals surface area contributed by atoms with Crippen LogP contribution in [-0.2, 0) is 11.3 Å². The van der Waals surface area contributed by atoms with Gasteiger partial charge in [0, 0.05) is 43.0 Å². The zero-order chi connectivity index (χ0) is 16.3. The predicted molar refractivity (Wildman–Crippen MR) is 92.7 cm³/mol. The number of hydrogen-bond donors (Lipinski definition) is 0. The third kappa shape index (κ3) is 3.74. The molecule has 1 aliphatic heterocycles. The molecule has 1 aromatic carbocycles. The molecule has 0 bridgehead atoms. The molecule has 3 heteroatoms. The van der Waals surface area contributed by atoms with Gasteiger partial charge in [-0.25, -0.2) is 0 Å². The second-order valence-electron chi connectivity index (χ2n) is 6.80. The number of benzene rings is 1. The quantitative estimate of drug-likeness (QED) is 0.813. The molecule has 2 heterocycles. The largest absolute Gasteiger partial charge is 0.294 e. The number of likely N-dealkylation sites (tertiary alicyclic amines) is 1. The van der Waals surface area contributed by atoms with Crippen LogP contribution in [0.5, 0.6) is 0 Å². The van der Waals surface area contributed by atoms with Crippen LogP contribution >= 0.6 is 0 Å². The zero-order valence-electron chi connectivity index (χ0n) is 13.7. The number of piperidine rings is 1. The van der Waals surface area contributed by atoms with E-state index in [2.05, 4.69) is 34.1 Å². The number of Topliss-reactive ketones (excluding diaryl/α,β-unsaturated/α-hetero) is 1. The topological polar surface area (TPSA) is 33.2 Å². The van der Waals surface area contributed by atoms with Crippen molar-refractivity contribution in [2.45, 2.75) is 20.4 Å². The highest BCUT2D eigenvalue weighted by Crippen LogP contribution is 2.30. The molecule has 23 heavy (non-hydrogen) atoms. The van der Waals surface area contributed by atoms with E-state index in [1.807, 2.05) is 38.1 Å². The van der Waals surface area contributed by atoms with Crippen LogP contribution in [0.1, 0.15) is 25.0 Å². The molecule has 118 valence electrons. The lowest BCUT2D eigenvalue weighted by molar-refractivity contribution is -0.126. The fraction of sp³-hybridized carbons (Fsp3) is 0.300. The summed E-state index contributed by atoms with van der Waals surface area (Å²) in [6.07, 6.45) is 5.52. The van der Waals surface area contributed by atoms with Gasteiger partial charge in [-0.05, 0) is 23.3 Å². The van der Waals surface area contributed by atoms with Crippen molar-refractivity contribution in [1.82, 2.24) is 9.88 Å². The Labute approximate surface area is 137 Å². The smallest absolute Gasteiger partial charge is 0.167 e. The molecule has 0 radical (unpaired) electrons. The Morgan fingerprint density at radius 1 is 1.17 bits per heavy atom. The fourth-order valence-corrected chi connectivity index (χ4v) is 3.16. The van der Waals surface area contributed by atoms with Crippen molar-refractivity contribution in [3.63, 3.8) is 0 Å². The van der Waals surface area contributed by atoms with Crippen molar-refractivity contribution in [2.75, 3.05) is 13.1 Å². The first-order valence-corrected chi connectivity index (χ1v) is 7.96. The minimum atomic E-state index is -0.360. The molecule has 0 spiro atoms. The molecule has 1 aromatic heterocycles. The Hall–Kier alpha value is -2.26. The summed E-state index contributed by atoms with van der Waals surface area (Å²) < 4.78 is 0. The highest BCUT2D eigenvalue weighted by Gasteiger charge is 2.37. The molecule has 1 aliphatic rings. The summed E-state index contributed by atoms with van der Waals surface area (Å²) in [6.45, 7) is 6.40. The number of rotatable bonds is 3.